The van der Waals surface area contributed by atoms with Crippen molar-refractivity contribution in [2.75, 3.05) is 26.7 Å². The van der Waals surface area contributed by atoms with Gasteiger partial charge >= 0.3 is 5.97 Å². The van der Waals surface area contributed by atoms with E-state index >= 15 is 0 Å². The summed E-state index contributed by atoms with van der Waals surface area (Å²) in [6, 6.07) is -0.470. The minimum absolute atomic E-state index is 0.198. The molecule has 0 heterocycles. The van der Waals surface area contributed by atoms with Gasteiger partial charge in [0.05, 0.1) is 0 Å². The van der Waals surface area contributed by atoms with E-state index < -0.39 is 12.0 Å². The van der Waals surface area contributed by atoms with Gasteiger partial charge in [-0.1, -0.05) is 27.7 Å². The number of likely N-dealkylation sites (N-methyl/N-ethyl adjacent to an activating group) is 2. The second-order valence-electron chi connectivity index (χ2n) is 5.21. The van der Waals surface area contributed by atoms with Crippen LogP contribution in [0, 0.1) is 5.41 Å². The summed E-state index contributed by atoms with van der Waals surface area (Å²) < 4.78 is 0. The van der Waals surface area contributed by atoms with E-state index in [1.54, 1.807) is 0 Å². The van der Waals surface area contributed by atoms with Gasteiger partial charge < -0.3 is 15.3 Å². The number of hydrogen-bond donors (Lipinski definition) is 2. The molecule has 0 aliphatic rings. The molecule has 2 N–H and O–H groups in total. The highest BCUT2D eigenvalue weighted by Gasteiger charge is 2.20. The summed E-state index contributed by atoms with van der Waals surface area (Å²) in [5.41, 5.74) is 0.198. The minimum atomic E-state index is -0.780. The summed E-state index contributed by atoms with van der Waals surface area (Å²) in [4.78, 5) is 13.0. The zero-order valence-corrected chi connectivity index (χ0v) is 10.5. The molecule has 4 nitrogen and oxygen atoms in total. The number of hydrogen-bond acceptors (Lipinski definition) is 3. The van der Waals surface area contributed by atoms with Gasteiger partial charge in [0.15, 0.2) is 0 Å². The molecule has 0 fully saturated rings. The molecule has 0 aliphatic carbocycles. The average molecular weight is 216 g/mol. The first-order valence-corrected chi connectivity index (χ1v) is 5.41. The van der Waals surface area contributed by atoms with E-state index in [9.17, 15) is 4.79 Å². The Labute approximate surface area is 92.7 Å². The molecule has 0 amide bonds. The number of carboxylic acids is 1. The number of carbonyl (C=O) groups is 1. The van der Waals surface area contributed by atoms with Crippen molar-refractivity contribution in [3.63, 3.8) is 0 Å². The fourth-order valence-corrected chi connectivity index (χ4v) is 1.66. The number of aliphatic carboxylic acids is 1. The Bertz CT molecular complexity index is 199. The Morgan fingerprint density at radius 2 is 2.00 bits per heavy atom. The molecule has 0 aromatic rings. The van der Waals surface area contributed by atoms with Gasteiger partial charge in [0.1, 0.15) is 6.04 Å². The molecule has 0 radical (unpaired) electrons. The molecule has 0 aromatic carbocycles. The molecule has 90 valence electrons. The zero-order chi connectivity index (χ0) is 12.1. The number of rotatable bonds is 6. The monoisotopic (exact) mass is 216 g/mol. The lowest BCUT2D eigenvalue weighted by atomic mass is 9.96. The van der Waals surface area contributed by atoms with Crippen LogP contribution in [-0.2, 0) is 4.79 Å². The third kappa shape index (κ3) is 7.33. The fraction of sp³-hybridized carbons (Fsp3) is 0.909. The van der Waals surface area contributed by atoms with Gasteiger partial charge in [0, 0.05) is 13.1 Å². The molecule has 0 aliphatic heterocycles. The third-order valence-electron chi connectivity index (χ3n) is 1.99. The second kappa shape index (κ2) is 6.08. The maximum absolute atomic E-state index is 10.9. The van der Waals surface area contributed by atoms with E-state index in [0.717, 1.165) is 6.54 Å². The molecular weight excluding hydrogens is 192 g/mol. The molecule has 0 aromatic heterocycles. The summed E-state index contributed by atoms with van der Waals surface area (Å²) in [7, 11) is 1.96. The van der Waals surface area contributed by atoms with Crippen LogP contribution in [0.15, 0.2) is 0 Å². The summed E-state index contributed by atoms with van der Waals surface area (Å²) >= 11 is 0. The summed E-state index contributed by atoms with van der Waals surface area (Å²) in [6.45, 7) is 10.5. The Morgan fingerprint density at radius 3 is 2.33 bits per heavy atom. The smallest absolute Gasteiger partial charge is 0.322 e. The van der Waals surface area contributed by atoms with Crippen molar-refractivity contribution >= 4 is 5.97 Å². The lowest BCUT2D eigenvalue weighted by Gasteiger charge is -2.28. The molecule has 1 atom stereocenters. The molecule has 4 heteroatoms. The summed E-state index contributed by atoms with van der Waals surface area (Å²) in [5.74, 6) is -0.780. The Balaban J connectivity index is 4.11. The van der Waals surface area contributed by atoms with Crippen LogP contribution in [0.3, 0.4) is 0 Å². The van der Waals surface area contributed by atoms with E-state index in [-0.39, 0.29) is 5.41 Å². The van der Waals surface area contributed by atoms with Crippen molar-refractivity contribution in [1.82, 2.24) is 10.2 Å². The first-order chi connectivity index (χ1) is 6.76. The quantitative estimate of drug-likeness (QED) is 0.696. The summed E-state index contributed by atoms with van der Waals surface area (Å²) in [6.07, 6.45) is 0. The van der Waals surface area contributed by atoms with Crippen molar-refractivity contribution in [2.45, 2.75) is 33.7 Å². The molecule has 0 saturated carbocycles. The van der Waals surface area contributed by atoms with Crippen LogP contribution < -0.4 is 5.32 Å². The SMILES string of the molecule is CCNC(CN(C)CC(C)(C)C)C(=O)O. The average Bonchev–Trinajstić information content (AvgIpc) is 1.99. The van der Waals surface area contributed by atoms with Crippen LogP contribution in [0.4, 0.5) is 0 Å². The second-order valence-corrected chi connectivity index (χ2v) is 5.21. The van der Waals surface area contributed by atoms with Gasteiger partial charge in [-0.3, -0.25) is 4.79 Å². The van der Waals surface area contributed by atoms with Gasteiger partial charge in [-0.25, -0.2) is 0 Å². The van der Waals surface area contributed by atoms with E-state index in [1.807, 2.05) is 14.0 Å². The minimum Gasteiger partial charge on any atom is -0.480 e. The topological polar surface area (TPSA) is 52.6 Å². The molecule has 0 rings (SSSR count). The van der Waals surface area contributed by atoms with E-state index in [4.69, 9.17) is 5.11 Å². The van der Waals surface area contributed by atoms with E-state index in [1.165, 1.54) is 0 Å². The van der Waals surface area contributed by atoms with Gasteiger partial charge in [-0.2, -0.15) is 0 Å². The fourth-order valence-electron chi connectivity index (χ4n) is 1.66. The predicted molar refractivity (Wildman–Crippen MR) is 62.1 cm³/mol. The van der Waals surface area contributed by atoms with Crippen LogP contribution in [0.1, 0.15) is 27.7 Å². The molecular formula is C11H24N2O2. The van der Waals surface area contributed by atoms with Crippen LogP contribution in [-0.4, -0.2) is 48.7 Å². The first-order valence-electron chi connectivity index (χ1n) is 5.41. The number of carboxylic acid groups (broad SMARTS) is 1. The van der Waals surface area contributed by atoms with Crippen LogP contribution in [0.25, 0.3) is 0 Å². The Hall–Kier alpha value is -0.610. The van der Waals surface area contributed by atoms with Crippen molar-refractivity contribution in [3.8, 4) is 0 Å². The maximum Gasteiger partial charge on any atom is 0.322 e. The van der Waals surface area contributed by atoms with E-state index in [2.05, 4.69) is 31.0 Å². The van der Waals surface area contributed by atoms with Crippen molar-refractivity contribution in [1.29, 1.82) is 0 Å². The summed E-state index contributed by atoms with van der Waals surface area (Å²) in [5, 5.41) is 11.9. The standard InChI is InChI=1S/C11H24N2O2/c1-6-12-9(10(14)15)7-13(5)8-11(2,3)4/h9,12H,6-8H2,1-5H3,(H,14,15). The zero-order valence-electron chi connectivity index (χ0n) is 10.5. The maximum atomic E-state index is 10.9. The Kier molecular flexibility index (Phi) is 5.83. The van der Waals surface area contributed by atoms with Crippen molar-refractivity contribution < 1.29 is 9.90 Å². The van der Waals surface area contributed by atoms with Crippen molar-refractivity contribution in [2.24, 2.45) is 5.41 Å². The lowest BCUT2D eigenvalue weighted by molar-refractivity contribution is -0.140. The predicted octanol–water partition coefficient (Wildman–Crippen LogP) is 1.03. The number of nitrogens with zero attached hydrogens (tertiary/aromatic N) is 1. The van der Waals surface area contributed by atoms with Gasteiger partial charge in [-0.05, 0) is 19.0 Å². The Morgan fingerprint density at radius 1 is 1.47 bits per heavy atom. The van der Waals surface area contributed by atoms with Gasteiger partial charge in [0.25, 0.3) is 0 Å². The van der Waals surface area contributed by atoms with E-state index in [0.29, 0.717) is 13.1 Å². The highest BCUT2D eigenvalue weighted by molar-refractivity contribution is 5.73. The first kappa shape index (κ1) is 14.4. The number of nitrogens with one attached hydrogen (secondary N) is 1. The van der Waals surface area contributed by atoms with Crippen LogP contribution >= 0.6 is 0 Å². The van der Waals surface area contributed by atoms with Crippen molar-refractivity contribution in [3.05, 3.63) is 0 Å². The molecule has 0 saturated heterocycles. The largest absolute Gasteiger partial charge is 0.480 e. The highest BCUT2D eigenvalue weighted by Crippen LogP contribution is 2.14. The highest BCUT2D eigenvalue weighted by atomic mass is 16.4. The van der Waals surface area contributed by atoms with Crippen LogP contribution in [0.2, 0.25) is 0 Å². The van der Waals surface area contributed by atoms with Gasteiger partial charge in [-0.15, -0.1) is 0 Å². The normalized spacial score (nSPS) is 14.3. The molecule has 0 bridgehead atoms. The lowest BCUT2D eigenvalue weighted by Crippen LogP contribution is -2.46. The van der Waals surface area contributed by atoms with Crippen LogP contribution in [0.5, 0.6) is 0 Å². The molecule has 15 heavy (non-hydrogen) atoms. The molecule has 0 spiro atoms. The molecule has 1 unspecified atom stereocenters. The van der Waals surface area contributed by atoms with Gasteiger partial charge in [0.2, 0.25) is 0 Å². The third-order valence-corrected chi connectivity index (χ3v) is 1.99.